The third-order valence-corrected chi connectivity index (χ3v) is 4.16. The molecule has 8 heteroatoms. The highest BCUT2D eigenvalue weighted by Gasteiger charge is 2.16. The number of aliphatic hydroxyl groups is 1. The Balaban J connectivity index is 1.89. The predicted octanol–water partition coefficient (Wildman–Crippen LogP) is 2.83. The Morgan fingerprint density at radius 2 is 2.14 bits per heavy atom. The van der Waals surface area contributed by atoms with Crippen molar-refractivity contribution in [2.45, 2.75) is 39.3 Å². The second kappa shape index (κ2) is 7.85. The second-order valence-corrected chi connectivity index (χ2v) is 7.20. The highest BCUT2D eigenvalue weighted by Crippen LogP contribution is 2.30. The van der Waals surface area contributed by atoms with Crippen LogP contribution >= 0.6 is 0 Å². The van der Waals surface area contributed by atoms with Crippen molar-refractivity contribution in [1.82, 2.24) is 14.8 Å². The third kappa shape index (κ3) is 4.77. The first-order chi connectivity index (χ1) is 13.2. The molecule has 0 saturated heterocycles. The number of pyridine rings is 1. The molecule has 1 aromatic carbocycles. The molecule has 0 atom stereocenters. The number of benzene rings is 1. The molecule has 1 amide bonds. The zero-order valence-electron chi connectivity index (χ0n) is 16.3. The summed E-state index contributed by atoms with van der Waals surface area (Å²) in [5, 5.41) is 18.1. The van der Waals surface area contributed by atoms with E-state index in [0.29, 0.717) is 31.0 Å². The number of fused-ring (bicyclic) bond motifs is 1. The summed E-state index contributed by atoms with van der Waals surface area (Å²) >= 11 is 0. The van der Waals surface area contributed by atoms with E-state index in [1.54, 1.807) is 42.8 Å². The zero-order valence-corrected chi connectivity index (χ0v) is 16.3. The second-order valence-electron chi connectivity index (χ2n) is 7.20. The van der Waals surface area contributed by atoms with E-state index in [0.717, 1.165) is 10.9 Å². The fraction of sp³-hybridized carbons (Fsp3) is 0.350. The van der Waals surface area contributed by atoms with Gasteiger partial charge in [-0.2, -0.15) is 5.10 Å². The molecule has 0 aliphatic rings. The number of nitrogens with one attached hydrogen (secondary N) is 1. The molecule has 0 radical (unpaired) electrons. The van der Waals surface area contributed by atoms with Crippen molar-refractivity contribution in [2.75, 3.05) is 17.7 Å². The van der Waals surface area contributed by atoms with Crippen molar-refractivity contribution in [3.05, 3.63) is 42.2 Å². The van der Waals surface area contributed by atoms with Gasteiger partial charge in [0.15, 0.2) is 0 Å². The molecule has 0 fully saturated rings. The zero-order chi connectivity index (χ0) is 20.3. The SMILES string of the molecule is CCOc1cc2nn(CCC(C)(C)O)cc2cc1NC(=O)c1cccc(N)n1. The van der Waals surface area contributed by atoms with Gasteiger partial charge >= 0.3 is 0 Å². The van der Waals surface area contributed by atoms with Gasteiger partial charge in [0.25, 0.3) is 5.91 Å². The van der Waals surface area contributed by atoms with E-state index in [9.17, 15) is 9.90 Å². The summed E-state index contributed by atoms with van der Waals surface area (Å²) in [5.74, 6) is 0.434. The minimum absolute atomic E-state index is 0.225. The van der Waals surface area contributed by atoms with Crippen LogP contribution in [0.3, 0.4) is 0 Å². The van der Waals surface area contributed by atoms with Crippen molar-refractivity contribution in [3.63, 3.8) is 0 Å². The fourth-order valence-corrected chi connectivity index (χ4v) is 2.74. The van der Waals surface area contributed by atoms with Crippen LogP contribution in [0.15, 0.2) is 36.5 Å². The van der Waals surface area contributed by atoms with Gasteiger partial charge in [0.1, 0.15) is 17.3 Å². The largest absolute Gasteiger partial charge is 0.492 e. The molecular weight excluding hydrogens is 358 g/mol. The molecule has 0 bridgehead atoms. The molecule has 0 aliphatic carbocycles. The number of carbonyl (C=O) groups excluding carboxylic acids is 1. The molecule has 28 heavy (non-hydrogen) atoms. The number of anilines is 2. The number of rotatable bonds is 7. The Labute approximate surface area is 163 Å². The van der Waals surface area contributed by atoms with Gasteiger partial charge < -0.3 is 20.9 Å². The summed E-state index contributed by atoms with van der Waals surface area (Å²) in [6.45, 7) is 6.43. The maximum atomic E-state index is 12.5. The van der Waals surface area contributed by atoms with Gasteiger partial charge in [0.2, 0.25) is 0 Å². The predicted molar refractivity (Wildman–Crippen MR) is 108 cm³/mol. The van der Waals surface area contributed by atoms with Gasteiger partial charge in [-0.3, -0.25) is 9.48 Å². The number of aromatic nitrogens is 3. The van der Waals surface area contributed by atoms with Crippen molar-refractivity contribution < 1.29 is 14.6 Å². The van der Waals surface area contributed by atoms with E-state index >= 15 is 0 Å². The molecule has 0 saturated carbocycles. The van der Waals surface area contributed by atoms with Crippen molar-refractivity contribution >= 4 is 28.3 Å². The molecular formula is C20H25N5O3. The standard InChI is InChI=1S/C20H25N5O3/c1-4-28-17-11-15-13(12-25(24-15)9-8-20(2,3)27)10-16(17)23-19(26)14-6-5-7-18(21)22-14/h5-7,10-12,27H,4,8-9H2,1-3H3,(H2,21,22)(H,23,26). The maximum absolute atomic E-state index is 12.5. The Kier molecular flexibility index (Phi) is 5.51. The minimum Gasteiger partial charge on any atom is -0.492 e. The smallest absolute Gasteiger partial charge is 0.274 e. The van der Waals surface area contributed by atoms with E-state index in [4.69, 9.17) is 10.5 Å². The lowest BCUT2D eigenvalue weighted by molar-refractivity contribution is 0.0651. The number of aryl methyl sites for hydroxylation is 1. The average molecular weight is 383 g/mol. The van der Waals surface area contributed by atoms with Crippen LogP contribution in [0, 0.1) is 0 Å². The Bertz CT molecular complexity index is 991. The number of amides is 1. The van der Waals surface area contributed by atoms with E-state index in [2.05, 4.69) is 15.4 Å². The summed E-state index contributed by atoms with van der Waals surface area (Å²) in [5.41, 5.74) is 6.40. The highest BCUT2D eigenvalue weighted by molar-refractivity contribution is 6.05. The van der Waals surface area contributed by atoms with Crippen molar-refractivity contribution in [3.8, 4) is 5.75 Å². The van der Waals surface area contributed by atoms with Crippen LogP contribution in [-0.2, 0) is 6.54 Å². The molecule has 148 valence electrons. The Morgan fingerprint density at radius 3 is 2.82 bits per heavy atom. The Hall–Kier alpha value is -3.13. The minimum atomic E-state index is -0.766. The summed E-state index contributed by atoms with van der Waals surface area (Å²) in [7, 11) is 0. The summed E-state index contributed by atoms with van der Waals surface area (Å²) in [6, 6.07) is 8.51. The van der Waals surface area contributed by atoms with E-state index < -0.39 is 5.60 Å². The third-order valence-electron chi connectivity index (χ3n) is 4.16. The molecule has 0 spiro atoms. The highest BCUT2D eigenvalue weighted by atomic mass is 16.5. The fourth-order valence-electron chi connectivity index (χ4n) is 2.74. The Morgan fingerprint density at radius 1 is 1.36 bits per heavy atom. The van der Waals surface area contributed by atoms with Gasteiger partial charge in [-0.1, -0.05) is 6.07 Å². The number of hydrogen-bond acceptors (Lipinski definition) is 6. The van der Waals surface area contributed by atoms with Gasteiger partial charge in [-0.15, -0.1) is 0 Å². The maximum Gasteiger partial charge on any atom is 0.274 e. The topological polar surface area (TPSA) is 115 Å². The first-order valence-electron chi connectivity index (χ1n) is 9.15. The number of nitrogen functional groups attached to an aromatic ring is 1. The summed E-state index contributed by atoms with van der Waals surface area (Å²) < 4.78 is 7.46. The van der Waals surface area contributed by atoms with Crippen LogP contribution in [0.2, 0.25) is 0 Å². The van der Waals surface area contributed by atoms with Crippen molar-refractivity contribution in [1.29, 1.82) is 0 Å². The number of hydrogen-bond donors (Lipinski definition) is 3. The molecule has 0 aliphatic heterocycles. The molecule has 4 N–H and O–H groups in total. The van der Waals surface area contributed by atoms with Crippen LogP contribution in [0.4, 0.5) is 11.5 Å². The first kappa shape index (κ1) is 19.6. The number of nitrogens with two attached hydrogens (primary N) is 1. The molecule has 2 heterocycles. The number of ether oxygens (including phenoxy) is 1. The lowest BCUT2D eigenvalue weighted by Gasteiger charge is -2.16. The number of carbonyl (C=O) groups is 1. The molecule has 2 aromatic heterocycles. The van der Waals surface area contributed by atoms with Crippen molar-refractivity contribution in [2.24, 2.45) is 0 Å². The van der Waals surface area contributed by atoms with Gasteiger partial charge in [0, 0.05) is 24.2 Å². The summed E-state index contributed by atoms with van der Waals surface area (Å²) in [6.07, 6.45) is 2.45. The van der Waals surface area contributed by atoms with Crippen LogP contribution in [0.25, 0.3) is 10.9 Å². The van der Waals surface area contributed by atoms with E-state index in [1.165, 1.54) is 0 Å². The van der Waals surface area contributed by atoms with E-state index in [1.807, 2.05) is 19.2 Å². The van der Waals surface area contributed by atoms with Gasteiger partial charge in [-0.05, 0) is 45.4 Å². The summed E-state index contributed by atoms with van der Waals surface area (Å²) in [4.78, 5) is 16.6. The van der Waals surface area contributed by atoms with Gasteiger partial charge in [-0.25, -0.2) is 4.98 Å². The quantitative estimate of drug-likeness (QED) is 0.578. The molecule has 8 nitrogen and oxygen atoms in total. The van der Waals surface area contributed by atoms with Crippen LogP contribution in [0.5, 0.6) is 5.75 Å². The normalized spacial score (nSPS) is 11.6. The van der Waals surface area contributed by atoms with Crippen LogP contribution < -0.4 is 15.8 Å². The van der Waals surface area contributed by atoms with E-state index in [-0.39, 0.29) is 17.4 Å². The lowest BCUT2D eigenvalue weighted by Crippen LogP contribution is -2.21. The molecule has 3 aromatic rings. The van der Waals surface area contributed by atoms with Gasteiger partial charge in [0.05, 0.1) is 23.4 Å². The average Bonchev–Trinajstić information content (AvgIpc) is 3.01. The van der Waals surface area contributed by atoms with Crippen LogP contribution in [-0.4, -0.2) is 38.0 Å². The first-order valence-corrected chi connectivity index (χ1v) is 9.15. The van der Waals surface area contributed by atoms with Crippen LogP contribution in [0.1, 0.15) is 37.7 Å². The molecule has 3 rings (SSSR count). The monoisotopic (exact) mass is 383 g/mol. The lowest BCUT2D eigenvalue weighted by atomic mass is 10.1. The molecule has 0 unspecified atom stereocenters. The number of nitrogens with zero attached hydrogens (tertiary/aromatic N) is 3.